The first-order chi connectivity index (χ1) is 11.5. The quantitative estimate of drug-likeness (QED) is 0.576. The van der Waals surface area contributed by atoms with Crippen LogP contribution in [-0.4, -0.2) is 17.6 Å². The van der Waals surface area contributed by atoms with Crippen LogP contribution in [0.5, 0.6) is 0 Å². The van der Waals surface area contributed by atoms with E-state index in [-0.39, 0.29) is 28.6 Å². The van der Waals surface area contributed by atoms with E-state index in [0.717, 1.165) is 4.57 Å². The maximum atomic E-state index is 14.0. The Morgan fingerprint density at radius 1 is 1.12 bits per heavy atom. The molecule has 0 aliphatic carbocycles. The molecule has 0 radical (unpaired) electrons. The highest BCUT2D eigenvalue weighted by Gasteiger charge is 2.14. The molecule has 0 aliphatic rings. The van der Waals surface area contributed by atoms with Crippen molar-refractivity contribution in [2.75, 3.05) is 7.11 Å². The molecule has 24 heavy (non-hydrogen) atoms. The smallest absolute Gasteiger partial charge is 0.339 e. The van der Waals surface area contributed by atoms with E-state index in [1.54, 1.807) is 0 Å². The molecule has 0 spiro atoms. The average molecular weight is 402 g/mol. The van der Waals surface area contributed by atoms with Gasteiger partial charge in [0, 0.05) is 28.7 Å². The van der Waals surface area contributed by atoms with Crippen LogP contribution in [0, 0.1) is 11.6 Å². The minimum atomic E-state index is -1.01. The van der Waals surface area contributed by atoms with Crippen molar-refractivity contribution < 1.29 is 18.3 Å². The summed E-state index contributed by atoms with van der Waals surface area (Å²) in [5, 5.41) is 0.188. The Kier molecular flexibility index (Phi) is 7.78. The van der Waals surface area contributed by atoms with Crippen LogP contribution in [0.3, 0.4) is 0 Å². The summed E-state index contributed by atoms with van der Waals surface area (Å²) in [6.07, 6.45) is 1.25. The van der Waals surface area contributed by atoms with E-state index in [4.69, 9.17) is 0 Å². The topological polar surface area (TPSA) is 48.3 Å². The molecule has 0 aliphatic heterocycles. The van der Waals surface area contributed by atoms with E-state index in [1.807, 2.05) is 13.8 Å². The van der Waals surface area contributed by atoms with Crippen molar-refractivity contribution >= 4 is 21.9 Å². The lowest BCUT2D eigenvalue weighted by atomic mass is 10.1. The van der Waals surface area contributed by atoms with Gasteiger partial charge in [0.2, 0.25) is 0 Å². The fourth-order valence-corrected chi connectivity index (χ4v) is 2.36. The number of nitrogens with zero attached hydrogens (tertiary/aromatic N) is 1. The van der Waals surface area contributed by atoms with Gasteiger partial charge in [0.15, 0.2) is 11.6 Å². The number of hydrogen-bond donors (Lipinski definition) is 0. The Morgan fingerprint density at radius 2 is 1.71 bits per heavy atom. The van der Waals surface area contributed by atoms with Crippen LogP contribution in [0.4, 0.5) is 8.78 Å². The van der Waals surface area contributed by atoms with Gasteiger partial charge in [-0.05, 0) is 6.07 Å². The third-order valence-corrected chi connectivity index (χ3v) is 3.74. The predicted molar refractivity (Wildman–Crippen MR) is 91.5 cm³/mol. The number of halogens is 3. The molecular weight excluding hydrogens is 384 g/mol. The van der Waals surface area contributed by atoms with Crippen molar-refractivity contribution in [1.29, 1.82) is 0 Å². The number of hydrogen-bond acceptors (Lipinski definition) is 3. The zero-order chi connectivity index (χ0) is 18.3. The summed E-state index contributed by atoms with van der Waals surface area (Å²) in [6, 6.07) is 5.34. The lowest BCUT2D eigenvalue weighted by Crippen LogP contribution is -2.21. The van der Waals surface area contributed by atoms with E-state index >= 15 is 0 Å². The van der Waals surface area contributed by atoms with Gasteiger partial charge in [0.25, 0.3) is 5.56 Å². The maximum absolute atomic E-state index is 14.0. The molecule has 130 valence electrons. The summed E-state index contributed by atoms with van der Waals surface area (Å²) in [6.45, 7) is 3.81. The van der Waals surface area contributed by atoms with Gasteiger partial charge in [0.05, 0.1) is 19.2 Å². The van der Waals surface area contributed by atoms with Gasteiger partial charge in [-0.15, -0.1) is 0 Å². The van der Waals surface area contributed by atoms with Crippen molar-refractivity contribution in [3.63, 3.8) is 0 Å². The summed E-state index contributed by atoms with van der Waals surface area (Å²) < 4.78 is 33.4. The van der Waals surface area contributed by atoms with Crippen LogP contribution < -0.4 is 5.56 Å². The Morgan fingerprint density at radius 3 is 2.29 bits per heavy atom. The van der Waals surface area contributed by atoms with E-state index in [0.29, 0.717) is 0 Å². The number of carbonyl (C=O) groups excluding carboxylic acids is 1. The zero-order valence-electron chi connectivity index (χ0n) is 13.6. The summed E-state index contributed by atoms with van der Waals surface area (Å²) in [7, 11) is 1.21. The molecule has 0 unspecified atom stereocenters. The number of aromatic nitrogens is 1. The first kappa shape index (κ1) is 20.0. The molecule has 0 bridgehead atoms. The molecule has 1 heterocycles. The fraction of sp³-hybridized carbons (Fsp3) is 0.294. The van der Waals surface area contributed by atoms with Crippen molar-refractivity contribution in [2.24, 2.45) is 0 Å². The first-order valence-electron chi connectivity index (χ1n) is 7.28. The van der Waals surface area contributed by atoms with E-state index < -0.39 is 23.2 Å². The zero-order valence-corrected chi connectivity index (χ0v) is 15.2. The van der Waals surface area contributed by atoms with Gasteiger partial charge in [-0.1, -0.05) is 41.9 Å². The first-order valence-corrected chi connectivity index (χ1v) is 8.40. The second-order valence-electron chi connectivity index (χ2n) is 4.52. The molecule has 1 aromatic carbocycles. The summed E-state index contributed by atoms with van der Waals surface area (Å²) in [5.41, 5.74) is -0.0692. The van der Waals surface area contributed by atoms with E-state index in [9.17, 15) is 18.4 Å². The van der Waals surface area contributed by atoms with Gasteiger partial charge < -0.3 is 9.30 Å². The standard InChI is InChI=1S/C15H12BrF2NO3.C2H6/c1-22-15(21)11-4-5-12(20)19(8-11)7-10-3-2-9(6-16)13(17)14(10)18;1-2/h2-5,8H,6-7H2,1H3;1-2H3. The Labute approximate surface area is 147 Å². The second-order valence-corrected chi connectivity index (χ2v) is 5.08. The number of carbonyl (C=O) groups is 1. The fourth-order valence-electron chi connectivity index (χ4n) is 1.93. The molecule has 2 rings (SSSR count). The number of pyridine rings is 1. The SMILES string of the molecule is CC.COC(=O)c1ccc(=O)n(Cc2ccc(CBr)c(F)c2F)c1. The maximum Gasteiger partial charge on any atom is 0.339 e. The second kappa shape index (κ2) is 9.32. The minimum absolute atomic E-state index is 0.0197. The van der Waals surface area contributed by atoms with Gasteiger partial charge in [-0.25, -0.2) is 13.6 Å². The number of ether oxygens (including phenoxy) is 1. The largest absolute Gasteiger partial charge is 0.465 e. The minimum Gasteiger partial charge on any atom is -0.465 e. The molecule has 4 nitrogen and oxygen atoms in total. The van der Waals surface area contributed by atoms with E-state index in [2.05, 4.69) is 20.7 Å². The van der Waals surface area contributed by atoms with Crippen LogP contribution in [0.15, 0.2) is 35.3 Å². The van der Waals surface area contributed by atoms with Crippen molar-refractivity contribution in [3.05, 3.63) is 69.1 Å². The van der Waals surface area contributed by atoms with Crippen LogP contribution in [-0.2, 0) is 16.6 Å². The number of alkyl halides is 1. The van der Waals surface area contributed by atoms with Crippen molar-refractivity contribution in [1.82, 2.24) is 4.57 Å². The van der Waals surface area contributed by atoms with Crippen LogP contribution in [0.1, 0.15) is 35.3 Å². The number of benzene rings is 1. The molecule has 2 aromatic rings. The predicted octanol–water partition coefficient (Wildman–Crippen LogP) is 3.88. The highest BCUT2D eigenvalue weighted by Crippen LogP contribution is 2.19. The Balaban J connectivity index is 0.00000139. The normalized spacial score (nSPS) is 9.92. The van der Waals surface area contributed by atoms with Crippen molar-refractivity contribution in [2.45, 2.75) is 25.7 Å². The summed E-state index contributed by atoms with van der Waals surface area (Å²) in [4.78, 5) is 23.3. The van der Waals surface area contributed by atoms with Crippen molar-refractivity contribution in [3.8, 4) is 0 Å². The molecule has 7 heteroatoms. The monoisotopic (exact) mass is 401 g/mol. The molecule has 0 saturated heterocycles. The molecule has 0 fully saturated rings. The molecule has 0 amide bonds. The van der Waals surface area contributed by atoms with Gasteiger partial charge in [0.1, 0.15) is 0 Å². The molecule has 0 N–H and O–H groups in total. The lowest BCUT2D eigenvalue weighted by molar-refractivity contribution is 0.0599. The summed E-state index contributed by atoms with van der Waals surface area (Å²) >= 11 is 3.07. The van der Waals surface area contributed by atoms with Crippen LogP contribution in [0.2, 0.25) is 0 Å². The number of rotatable bonds is 4. The number of methoxy groups -OCH3 is 1. The highest BCUT2D eigenvalue weighted by molar-refractivity contribution is 9.08. The van der Waals surface area contributed by atoms with Gasteiger partial charge in [-0.3, -0.25) is 4.79 Å². The Bertz CT molecular complexity index is 775. The Hall–Kier alpha value is -2.02. The number of esters is 1. The highest BCUT2D eigenvalue weighted by atomic mass is 79.9. The third-order valence-electron chi connectivity index (χ3n) is 3.13. The third kappa shape index (κ3) is 4.50. The molecule has 1 aromatic heterocycles. The van der Waals surface area contributed by atoms with Crippen LogP contribution >= 0.6 is 15.9 Å². The lowest BCUT2D eigenvalue weighted by Gasteiger charge is -2.10. The molecule has 0 saturated carbocycles. The average Bonchev–Trinajstić information content (AvgIpc) is 2.62. The summed E-state index contributed by atoms with van der Waals surface area (Å²) in [5.74, 6) is -2.58. The van der Waals surface area contributed by atoms with E-state index in [1.165, 1.54) is 37.6 Å². The van der Waals surface area contributed by atoms with Crippen LogP contribution in [0.25, 0.3) is 0 Å². The van der Waals surface area contributed by atoms with Gasteiger partial charge in [-0.2, -0.15) is 0 Å². The molecule has 0 atom stereocenters. The molecular formula is C17H18BrF2NO3. The van der Waals surface area contributed by atoms with Gasteiger partial charge >= 0.3 is 5.97 Å².